The van der Waals surface area contributed by atoms with Gasteiger partial charge in [-0.05, 0) is 12.1 Å². The molecule has 3 nitrogen and oxygen atoms in total. The Bertz CT molecular complexity index is 349. The summed E-state index contributed by atoms with van der Waals surface area (Å²) in [6, 6.07) is 2.85. The number of carboxylic acid groups (broad SMARTS) is 1. The van der Waals surface area contributed by atoms with Gasteiger partial charge in [-0.1, -0.05) is 23.2 Å². The lowest BCUT2D eigenvalue weighted by Gasteiger charge is -2.05. The molecule has 0 aliphatic heterocycles. The summed E-state index contributed by atoms with van der Waals surface area (Å²) in [5, 5.41) is 18.1. The summed E-state index contributed by atoms with van der Waals surface area (Å²) in [7, 11) is 0. The molecular formula is C8H6Cl2O3. The van der Waals surface area contributed by atoms with Gasteiger partial charge in [0, 0.05) is 10.6 Å². The second kappa shape index (κ2) is 3.85. The highest BCUT2D eigenvalue weighted by Crippen LogP contribution is 2.32. The van der Waals surface area contributed by atoms with Crippen molar-refractivity contribution >= 4 is 29.2 Å². The average Bonchev–Trinajstić information content (AvgIpc) is 2.05. The summed E-state index contributed by atoms with van der Waals surface area (Å²) in [4.78, 5) is 10.4. The van der Waals surface area contributed by atoms with Crippen LogP contribution in [0.3, 0.4) is 0 Å². The number of aliphatic carboxylic acids is 1. The number of rotatable bonds is 2. The van der Waals surface area contributed by atoms with Crippen molar-refractivity contribution in [3.05, 3.63) is 27.7 Å². The van der Waals surface area contributed by atoms with Crippen LogP contribution in [0.5, 0.6) is 5.75 Å². The van der Waals surface area contributed by atoms with Crippen molar-refractivity contribution < 1.29 is 15.0 Å². The molecule has 1 aromatic carbocycles. The third kappa shape index (κ3) is 2.26. The molecule has 0 saturated heterocycles. The zero-order valence-electron chi connectivity index (χ0n) is 6.42. The van der Waals surface area contributed by atoms with Crippen LogP contribution in [0.2, 0.25) is 10.0 Å². The molecule has 2 N–H and O–H groups in total. The quantitative estimate of drug-likeness (QED) is 0.805. The van der Waals surface area contributed by atoms with Gasteiger partial charge in [0.2, 0.25) is 0 Å². The van der Waals surface area contributed by atoms with Crippen LogP contribution in [0.15, 0.2) is 12.1 Å². The first-order valence-corrected chi connectivity index (χ1v) is 4.15. The molecule has 1 aromatic rings. The molecular weight excluding hydrogens is 215 g/mol. The molecule has 0 aliphatic rings. The van der Waals surface area contributed by atoms with Gasteiger partial charge in [0.25, 0.3) is 0 Å². The van der Waals surface area contributed by atoms with E-state index in [9.17, 15) is 9.90 Å². The first-order valence-electron chi connectivity index (χ1n) is 3.40. The van der Waals surface area contributed by atoms with Gasteiger partial charge in [0.1, 0.15) is 5.75 Å². The summed E-state index contributed by atoms with van der Waals surface area (Å²) >= 11 is 11.2. The van der Waals surface area contributed by atoms with Gasteiger partial charge in [-0.15, -0.1) is 0 Å². The van der Waals surface area contributed by atoms with Crippen molar-refractivity contribution in [2.45, 2.75) is 6.42 Å². The average molecular weight is 221 g/mol. The predicted molar refractivity (Wildman–Crippen MR) is 49.5 cm³/mol. The van der Waals surface area contributed by atoms with Crippen molar-refractivity contribution in [3.63, 3.8) is 0 Å². The van der Waals surface area contributed by atoms with Gasteiger partial charge in [-0.3, -0.25) is 4.79 Å². The van der Waals surface area contributed by atoms with Gasteiger partial charge in [0.15, 0.2) is 0 Å². The van der Waals surface area contributed by atoms with E-state index in [4.69, 9.17) is 28.3 Å². The Morgan fingerprint density at radius 1 is 1.31 bits per heavy atom. The highest BCUT2D eigenvalue weighted by Gasteiger charge is 2.13. The summed E-state index contributed by atoms with van der Waals surface area (Å²) in [6.45, 7) is 0. The lowest BCUT2D eigenvalue weighted by Crippen LogP contribution is -2.01. The fourth-order valence-corrected chi connectivity index (χ4v) is 1.30. The Balaban J connectivity index is 3.17. The lowest BCUT2D eigenvalue weighted by molar-refractivity contribution is -0.136. The van der Waals surface area contributed by atoms with Crippen LogP contribution in [-0.4, -0.2) is 16.2 Å². The van der Waals surface area contributed by atoms with E-state index in [1.165, 1.54) is 12.1 Å². The molecule has 70 valence electrons. The monoisotopic (exact) mass is 220 g/mol. The van der Waals surface area contributed by atoms with Crippen LogP contribution >= 0.6 is 23.2 Å². The molecule has 0 unspecified atom stereocenters. The summed E-state index contributed by atoms with van der Waals surface area (Å²) in [5.74, 6) is -1.34. The van der Waals surface area contributed by atoms with Gasteiger partial charge in [-0.2, -0.15) is 0 Å². The van der Waals surface area contributed by atoms with Crippen molar-refractivity contribution in [2.75, 3.05) is 0 Å². The molecule has 0 aliphatic carbocycles. The van der Waals surface area contributed by atoms with Crippen LogP contribution < -0.4 is 0 Å². The van der Waals surface area contributed by atoms with Crippen molar-refractivity contribution in [2.24, 2.45) is 0 Å². The number of carbonyl (C=O) groups is 1. The number of halogens is 2. The maximum absolute atomic E-state index is 10.4. The highest BCUT2D eigenvalue weighted by molar-refractivity contribution is 6.35. The minimum atomic E-state index is -1.07. The van der Waals surface area contributed by atoms with Gasteiger partial charge in [-0.25, -0.2) is 0 Å². The number of aromatic hydroxyl groups is 1. The summed E-state index contributed by atoms with van der Waals surface area (Å²) < 4.78 is 0. The van der Waals surface area contributed by atoms with E-state index in [1.807, 2.05) is 0 Å². The van der Waals surface area contributed by atoms with E-state index in [1.54, 1.807) is 0 Å². The Morgan fingerprint density at radius 3 is 2.38 bits per heavy atom. The molecule has 0 amide bonds. The Labute approximate surface area is 84.5 Å². The summed E-state index contributed by atoms with van der Waals surface area (Å²) in [6.07, 6.45) is -0.342. The van der Waals surface area contributed by atoms with E-state index < -0.39 is 5.97 Å². The van der Waals surface area contributed by atoms with Crippen LogP contribution in [0, 0.1) is 0 Å². The molecule has 0 atom stereocenters. The number of hydrogen-bond acceptors (Lipinski definition) is 2. The fraction of sp³-hybridized carbons (Fsp3) is 0.125. The second-order valence-corrected chi connectivity index (χ2v) is 3.24. The SMILES string of the molecule is O=C(O)Cc1c(Cl)ccc(Cl)c1O. The van der Waals surface area contributed by atoms with Crippen LogP contribution in [0.4, 0.5) is 0 Å². The topological polar surface area (TPSA) is 57.5 Å². The number of hydrogen-bond donors (Lipinski definition) is 2. The third-order valence-corrected chi connectivity index (χ3v) is 2.16. The number of phenolic OH excluding ortho intramolecular Hbond substituents is 1. The Morgan fingerprint density at radius 2 is 1.85 bits per heavy atom. The van der Waals surface area contributed by atoms with E-state index in [0.29, 0.717) is 0 Å². The maximum atomic E-state index is 10.4. The van der Waals surface area contributed by atoms with E-state index in [-0.39, 0.29) is 27.8 Å². The first-order chi connectivity index (χ1) is 6.02. The van der Waals surface area contributed by atoms with Crippen molar-refractivity contribution in [1.82, 2.24) is 0 Å². The molecule has 0 fully saturated rings. The normalized spacial score (nSPS) is 10.0. The van der Waals surface area contributed by atoms with Crippen molar-refractivity contribution in [3.8, 4) is 5.75 Å². The smallest absolute Gasteiger partial charge is 0.308 e. The minimum Gasteiger partial charge on any atom is -0.506 e. The fourth-order valence-electron chi connectivity index (χ4n) is 0.902. The molecule has 5 heteroatoms. The van der Waals surface area contributed by atoms with Gasteiger partial charge >= 0.3 is 5.97 Å². The van der Waals surface area contributed by atoms with Crippen LogP contribution in [0.1, 0.15) is 5.56 Å². The molecule has 0 saturated carbocycles. The van der Waals surface area contributed by atoms with E-state index in [0.717, 1.165) is 0 Å². The number of carboxylic acids is 1. The molecule has 0 heterocycles. The third-order valence-electron chi connectivity index (χ3n) is 1.50. The standard InChI is InChI=1S/C8H6Cl2O3/c9-5-1-2-6(10)8(13)4(5)3-7(11)12/h1-2,13H,3H2,(H,11,12). The first kappa shape index (κ1) is 10.2. The Kier molecular flexibility index (Phi) is 3.01. The summed E-state index contributed by atoms with van der Waals surface area (Å²) in [5.41, 5.74) is 0.140. The van der Waals surface area contributed by atoms with Gasteiger partial charge in [0.05, 0.1) is 11.4 Å². The van der Waals surface area contributed by atoms with E-state index >= 15 is 0 Å². The van der Waals surface area contributed by atoms with E-state index in [2.05, 4.69) is 0 Å². The number of benzene rings is 1. The molecule has 0 aromatic heterocycles. The van der Waals surface area contributed by atoms with Gasteiger partial charge < -0.3 is 10.2 Å². The second-order valence-electron chi connectivity index (χ2n) is 2.43. The molecule has 0 spiro atoms. The Hall–Kier alpha value is -0.930. The van der Waals surface area contributed by atoms with Crippen LogP contribution in [-0.2, 0) is 11.2 Å². The van der Waals surface area contributed by atoms with Crippen molar-refractivity contribution in [1.29, 1.82) is 0 Å². The zero-order valence-corrected chi connectivity index (χ0v) is 7.93. The maximum Gasteiger partial charge on any atom is 0.308 e. The highest BCUT2D eigenvalue weighted by atomic mass is 35.5. The van der Waals surface area contributed by atoms with Crippen LogP contribution in [0.25, 0.3) is 0 Å². The molecule has 1 rings (SSSR count). The minimum absolute atomic E-state index is 0.0978. The lowest BCUT2D eigenvalue weighted by atomic mass is 10.1. The molecule has 13 heavy (non-hydrogen) atoms. The predicted octanol–water partition coefficient (Wildman–Crippen LogP) is 2.33. The molecule has 0 bridgehead atoms. The molecule has 0 radical (unpaired) electrons. The largest absolute Gasteiger partial charge is 0.506 e. The zero-order chi connectivity index (χ0) is 10.0. The number of phenols is 1.